The van der Waals surface area contributed by atoms with Crippen molar-refractivity contribution in [1.82, 2.24) is 4.98 Å². The Hall–Kier alpha value is -0.480. The highest BCUT2D eigenvalue weighted by Gasteiger charge is 2.10. The number of aromatic amines is 1. The molecule has 1 aromatic carbocycles. The molecule has 0 unspecified atom stereocenters. The number of aromatic nitrogens is 1. The van der Waals surface area contributed by atoms with E-state index < -0.39 is 0 Å². The number of benzene rings is 1. The van der Waals surface area contributed by atoms with Crippen LogP contribution >= 0.6 is 31.9 Å². The number of fused-ring (bicyclic) bond motifs is 1. The van der Waals surface area contributed by atoms with Crippen LogP contribution in [0.2, 0.25) is 0 Å². The van der Waals surface area contributed by atoms with Crippen LogP contribution in [-0.2, 0) is 0 Å². The topological polar surface area (TPSA) is 25.0 Å². The Kier molecular flexibility index (Phi) is 2.34. The number of H-pyrrole nitrogens is 1. The van der Waals surface area contributed by atoms with Crippen molar-refractivity contribution in [2.75, 3.05) is 7.11 Å². The summed E-state index contributed by atoms with van der Waals surface area (Å²) in [7, 11) is 1.65. The molecule has 1 N–H and O–H groups in total. The van der Waals surface area contributed by atoms with E-state index >= 15 is 0 Å². The minimum Gasteiger partial charge on any atom is -0.494 e. The molecule has 0 aliphatic heterocycles. The van der Waals surface area contributed by atoms with Crippen LogP contribution in [0.25, 0.3) is 10.9 Å². The van der Waals surface area contributed by atoms with Gasteiger partial charge in [-0.05, 0) is 44.0 Å². The maximum absolute atomic E-state index is 5.24. The van der Waals surface area contributed by atoms with Gasteiger partial charge in [0.05, 0.1) is 21.6 Å². The molecular weight excluding hydrogens is 298 g/mol. The molecule has 13 heavy (non-hydrogen) atoms. The summed E-state index contributed by atoms with van der Waals surface area (Å²) in [6, 6.07) is 4.04. The van der Waals surface area contributed by atoms with Gasteiger partial charge in [0.1, 0.15) is 5.75 Å². The van der Waals surface area contributed by atoms with Crippen LogP contribution in [0.4, 0.5) is 0 Å². The number of nitrogens with one attached hydrogen (secondary N) is 1. The van der Waals surface area contributed by atoms with Crippen molar-refractivity contribution in [2.24, 2.45) is 0 Å². The van der Waals surface area contributed by atoms with E-state index in [1.165, 1.54) is 0 Å². The molecule has 0 aliphatic carbocycles. The first-order chi connectivity index (χ1) is 6.24. The fourth-order valence-corrected chi connectivity index (χ4v) is 2.89. The number of rotatable bonds is 1. The van der Waals surface area contributed by atoms with Crippen molar-refractivity contribution in [3.05, 3.63) is 27.3 Å². The lowest BCUT2D eigenvalue weighted by Gasteiger charge is -2.06. The van der Waals surface area contributed by atoms with Crippen molar-refractivity contribution in [2.45, 2.75) is 0 Å². The van der Waals surface area contributed by atoms with Gasteiger partial charge in [-0.2, -0.15) is 0 Å². The first-order valence-corrected chi connectivity index (χ1v) is 5.31. The van der Waals surface area contributed by atoms with Gasteiger partial charge in [-0.15, -0.1) is 0 Å². The van der Waals surface area contributed by atoms with E-state index in [0.717, 1.165) is 25.6 Å². The van der Waals surface area contributed by atoms with Gasteiger partial charge in [-0.25, -0.2) is 0 Å². The second-order valence-corrected chi connectivity index (χ2v) is 4.29. The van der Waals surface area contributed by atoms with Crippen molar-refractivity contribution in [3.63, 3.8) is 0 Å². The lowest BCUT2D eigenvalue weighted by molar-refractivity contribution is 0.410. The van der Waals surface area contributed by atoms with E-state index in [0.29, 0.717) is 0 Å². The Labute approximate surface area is 92.5 Å². The molecule has 1 heterocycles. The molecule has 0 fully saturated rings. The average Bonchev–Trinajstić information content (AvgIpc) is 2.53. The summed E-state index contributed by atoms with van der Waals surface area (Å²) in [5.41, 5.74) is 1.06. The van der Waals surface area contributed by atoms with Crippen LogP contribution in [0.5, 0.6) is 5.75 Å². The van der Waals surface area contributed by atoms with Crippen LogP contribution in [0.3, 0.4) is 0 Å². The van der Waals surface area contributed by atoms with E-state index in [2.05, 4.69) is 36.8 Å². The molecule has 68 valence electrons. The molecule has 0 saturated heterocycles. The summed E-state index contributed by atoms with van der Waals surface area (Å²) < 4.78 is 7.14. The first-order valence-electron chi connectivity index (χ1n) is 3.73. The van der Waals surface area contributed by atoms with Gasteiger partial charge in [0.2, 0.25) is 0 Å². The Morgan fingerprint density at radius 1 is 1.38 bits per heavy atom. The molecule has 2 aromatic rings. The van der Waals surface area contributed by atoms with Gasteiger partial charge in [0.15, 0.2) is 0 Å². The van der Waals surface area contributed by atoms with Crippen LogP contribution in [-0.4, -0.2) is 12.1 Å². The van der Waals surface area contributed by atoms with Crippen molar-refractivity contribution in [1.29, 1.82) is 0 Å². The summed E-state index contributed by atoms with van der Waals surface area (Å²) in [6.45, 7) is 0. The van der Waals surface area contributed by atoms with Crippen LogP contribution in [0.1, 0.15) is 0 Å². The van der Waals surface area contributed by atoms with Gasteiger partial charge in [-0.1, -0.05) is 0 Å². The highest BCUT2D eigenvalue weighted by Crippen LogP contribution is 2.38. The number of methoxy groups -OCH3 is 1. The molecule has 2 rings (SSSR count). The minimum atomic E-state index is 0.815. The van der Waals surface area contributed by atoms with Gasteiger partial charge in [0.25, 0.3) is 0 Å². The normalized spacial score (nSPS) is 10.7. The number of hydrogen-bond donors (Lipinski definition) is 1. The maximum Gasteiger partial charge on any atom is 0.149 e. The molecule has 0 amide bonds. The van der Waals surface area contributed by atoms with Crippen molar-refractivity contribution < 1.29 is 4.74 Å². The predicted molar refractivity (Wildman–Crippen MR) is 60.3 cm³/mol. The molecule has 1 aromatic heterocycles. The van der Waals surface area contributed by atoms with Gasteiger partial charge in [0, 0.05) is 11.6 Å². The molecule has 2 nitrogen and oxygen atoms in total. The smallest absolute Gasteiger partial charge is 0.149 e. The average molecular weight is 305 g/mol. The van der Waals surface area contributed by atoms with E-state index in [9.17, 15) is 0 Å². The van der Waals surface area contributed by atoms with Crippen LogP contribution < -0.4 is 4.74 Å². The van der Waals surface area contributed by atoms with E-state index in [-0.39, 0.29) is 0 Å². The summed E-state index contributed by atoms with van der Waals surface area (Å²) in [4.78, 5) is 3.14. The van der Waals surface area contributed by atoms with Gasteiger partial charge in [-0.3, -0.25) is 0 Å². The number of hydrogen-bond acceptors (Lipinski definition) is 1. The molecular formula is C9H7Br2NO. The third-order valence-corrected chi connectivity index (χ3v) is 3.25. The molecule has 0 atom stereocenters. The summed E-state index contributed by atoms with van der Waals surface area (Å²) in [6.07, 6.45) is 1.90. The predicted octanol–water partition coefficient (Wildman–Crippen LogP) is 3.70. The minimum absolute atomic E-state index is 0.815. The van der Waals surface area contributed by atoms with E-state index in [4.69, 9.17) is 4.74 Å². The SMILES string of the molecule is COc1c(Br)cc2cc[nH]c2c1Br. The lowest BCUT2D eigenvalue weighted by atomic mass is 10.2. The largest absolute Gasteiger partial charge is 0.494 e. The molecule has 0 radical (unpaired) electrons. The fraction of sp³-hybridized carbons (Fsp3) is 0.111. The Morgan fingerprint density at radius 2 is 2.15 bits per heavy atom. The van der Waals surface area contributed by atoms with Crippen LogP contribution in [0.15, 0.2) is 27.3 Å². The highest BCUT2D eigenvalue weighted by atomic mass is 79.9. The third-order valence-electron chi connectivity index (χ3n) is 1.90. The fourth-order valence-electron chi connectivity index (χ4n) is 1.30. The first kappa shape index (κ1) is 9.09. The zero-order valence-electron chi connectivity index (χ0n) is 6.90. The zero-order valence-corrected chi connectivity index (χ0v) is 10.1. The molecule has 0 spiro atoms. The molecule has 4 heteroatoms. The molecule has 0 bridgehead atoms. The Morgan fingerprint density at radius 3 is 2.85 bits per heavy atom. The maximum atomic E-state index is 5.24. The zero-order chi connectivity index (χ0) is 9.42. The molecule has 0 saturated carbocycles. The Balaban J connectivity index is 2.85. The summed E-state index contributed by atoms with van der Waals surface area (Å²) in [5.74, 6) is 0.815. The quantitative estimate of drug-likeness (QED) is 0.854. The second kappa shape index (κ2) is 3.35. The lowest BCUT2D eigenvalue weighted by Crippen LogP contribution is -1.86. The highest BCUT2D eigenvalue weighted by molar-refractivity contribution is 9.11. The Bertz CT molecular complexity index is 450. The standard InChI is InChI=1S/C9H7Br2NO/c1-13-9-6(10)4-5-2-3-12-8(5)7(9)11/h2-4,12H,1H3. The van der Waals surface area contributed by atoms with Crippen LogP contribution in [0, 0.1) is 0 Å². The summed E-state index contributed by atoms with van der Waals surface area (Å²) >= 11 is 6.93. The second-order valence-electron chi connectivity index (χ2n) is 2.65. The van der Waals surface area contributed by atoms with Gasteiger partial charge >= 0.3 is 0 Å². The third kappa shape index (κ3) is 1.38. The number of halogens is 2. The summed E-state index contributed by atoms with van der Waals surface area (Å²) in [5, 5.41) is 1.15. The van der Waals surface area contributed by atoms with Crippen molar-refractivity contribution >= 4 is 42.8 Å². The number of ether oxygens (including phenoxy) is 1. The van der Waals surface area contributed by atoms with E-state index in [1.807, 2.05) is 18.3 Å². The monoisotopic (exact) mass is 303 g/mol. The molecule has 0 aliphatic rings. The van der Waals surface area contributed by atoms with Gasteiger partial charge < -0.3 is 9.72 Å². The van der Waals surface area contributed by atoms with Crippen molar-refractivity contribution in [3.8, 4) is 5.75 Å². The van der Waals surface area contributed by atoms with E-state index in [1.54, 1.807) is 7.11 Å².